The van der Waals surface area contributed by atoms with E-state index in [1.165, 1.54) is 24.3 Å². The maximum absolute atomic E-state index is 12.1. The first kappa shape index (κ1) is 15.9. The highest BCUT2D eigenvalue weighted by atomic mass is 32.1. The number of hydrogen-bond donors (Lipinski definition) is 2. The van der Waals surface area contributed by atoms with E-state index in [4.69, 9.17) is 5.11 Å². The molecule has 1 aromatic rings. The molecule has 0 bridgehead atoms. The molecule has 2 amide bonds. The first-order chi connectivity index (χ1) is 9.45. The monoisotopic (exact) mass is 296 g/mol. The van der Waals surface area contributed by atoms with E-state index in [-0.39, 0.29) is 12.5 Å². The van der Waals surface area contributed by atoms with Crippen LogP contribution in [-0.2, 0) is 9.59 Å². The molecule has 0 saturated heterocycles. The third-order valence-corrected chi connectivity index (χ3v) is 3.32. The number of rotatable bonds is 7. The Morgan fingerprint density at radius 3 is 2.75 bits per heavy atom. The predicted molar refractivity (Wildman–Crippen MR) is 75.7 cm³/mol. The normalized spacial score (nSPS) is 11.4. The zero-order valence-corrected chi connectivity index (χ0v) is 11.9. The summed E-state index contributed by atoms with van der Waals surface area (Å²) in [5, 5.41) is 13.1. The lowest BCUT2D eigenvalue weighted by Gasteiger charge is -2.23. The summed E-state index contributed by atoms with van der Waals surface area (Å²) in [6.07, 6.45) is 1.44. The van der Waals surface area contributed by atoms with E-state index in [1.54, 1.807) is 17.5 Å². The predicted octanol–water partition coefficient (Wildman–Crippen LogP) is 0.966. The minimum absolute atomic E-state index is 0.115. The molecule has 0 spiro atoms. The Morgan fingerprint density at radius 2 is 2.25 bits per heavy atom. The van der Waals surface area contributed by atoms with E-state index in [1.807, 2.05) is 0 Å². The zero-order valence-electron chi connectivity index (χ0n) is 11.0. The summed E-state index contributed by atoms with van der Waals surface area (Å²) < 4.78 is 0. The van der Waals surface area contributed by atoms with Crippen LogP contribution < -0.4 is 5.32 Å². The standard InChI is InChI=1S/C13H16N2O4S/c1-3-6-15(8-11(16)17)13(19)9(2)14-12(18)10-5-4-7-20-10/h3-5,7,9H,1,6,8H2,2H3,(H,14,18)(H,16,17). The van der Waals surface area contributed by atoms with Crippen molar-refractivity contribution in [2.24, 2.45) is 0 Å². The van der Waals surface area contributed by atoms with Crippen LogP contribution in [0.4, 0.5) is 0 Å². The van der Waals surface area contributed by atoms with Gasteiger partial charge < -0.3 is 15.3 Å². The van der Waals surface area contributed by atoms with Crippen LogP contribution in [0.25, 0.3) is 0 Å². The summed E-state index contributed by atoms with van der Waals surface area (Å²) in [4.78, 5) is 36.2. The highest BCUT2D eigenvalue weighted by Gasteiger charge is 2.23. The summed E-state index contributed by atoms with van der Waals surface area (Å²) >= 11 is 1.27. The lowest BCUT2D eigenvalue weighted by molar-refractivity contribution is -0.144. The van der Waals surface area contributed by atoms with Crippen LogP contribution in [0.3, 0.4) is 0 Å². The van der Waals surface area contributed by atoms with Crippen molar-refractivity contribution in [2.75, 3.05) is 13.1 Å². The van der Waals surface area contributed by atoms with Crippen LogP contribution in [0.15, 0.2) is 30.2 Å². The molecule has 0 saturated carbocycles. The number of nitrogens with zero attached hydrogens (tertiary/aromatic N) is 1. The van der Waals surface area contributed by atoms with Gasteiger partial charge in [-0.1, -0.05) is 12.1 Å². The fourth-order valence-electron chi connectivity index (χ4n) is 1.56. The van der Waals surface area contributed by atoms with Crippen molar-refractivity contribution in [3.63, 3.8) is 0 Å². The molecule has 0 aliphatic heterocycles. The topological polar surface area (TPSA) is 86.7 Å². The van der Waals surface area contributed by atoms with E-state index in [9.17, 15) is 14.4 Å². The number of carbonyl (C=O) groups is 3. The molecule has 2 N–H and O–H groups in total. The van der Waals surface area contributed by atoms with Crippen molar-refractivity contribution in [2.45, 2.75) is 13.0 Å². The summed E-state index contributed by atoms with van der Waals surface area (Å²) in [5.74, 6) is -1.93. The zero-order chi connectivity index (χ0) is 15.1. The van der Waals surface area contributed by atoms with Gasteiger partial charge in [0.05, 0.1) is 4.88 Å². The van der Waals surface area contributed by atoms with Gasteiger partial charge in [0.1, 0.15) is 12.6 Å². The Balaban J connectivity index is 2.66. The van der Waals surface area contributed by atoms with Gasteiger partial charge in [-0.15, -0.1) is 17.9 Å². The molecular formula is C13H16N2O4S. The smallest absolute Gasteiger partial charge is 0.323 e. The van der Waals surface area contributed by atoms with Crippen LogP contribution in [0.1, 0.15) is 16.6 Å². The number of aliphatic carboxylic acids is 1. The van der Waals surface area contributed by atoms with E-state index >= 15 is 0 Å². The first-order valence-corrected chi connectivity index (χ1v) is 6.79. The van der Waals surface area contributed by atoms with Gasteiger partial charge >= 0.3 is 5.97 Å². The van der Waals surface area contributed by atoms with Gasteiger partial charge in [-0.2, -0.15) is 0 Å². The average Bonchev–Trinajstić information content (AvgIpc) is 2.90. The molecule has 7 heteroatoms. The van der Waals surface area contributed by atoms with Crippen molar-refractivity contribution < 1.29 is 19.5 Å². The second-order valence-electron chi connectivity index (χ2n) is 4.07. The summed E-state index contributed by atoms with van der Waals surface area (Å²) in [6, 6.07) is 2.58. The van der Waals surface area contributed by atoms with Gasteiger partial charge in [0, 0.05) is 6.54 Å². The quantitative estimate of drug-likeness (QED) is 0.734. The molecule has 108 valence electrons. The summed E-state index contributed by atoms with van der Waals surface area (Å²) in [5.41, 5.74) is 0. The van der Waals surface area contributed by atoms with E-state index in [0.717, 1.165) is 4.90 Å². The minimum Gasteiger partial charge on any atom is -0.480 e. The fraction of sp³-hybridized carbons (Fsp3) is 0.308. The Morgan fingerprint density at radius 1 is 1.55 bits per heavy atom. The van der Waals surface area contributed by atoms with Gasteiger partial charge in [-0.25, -0.2) is 0 Å². The maximum atomic E-state index is 12.1. The third-order valence-electron chi connectivity index (χ3n) is 2.45. The largest absolute Gasteiger partial charge is 0.480 e. The van der Waals surface area contributed by atoms with E-state index < -0.39 is 24.5 Å². The van der Waals surface area contributed by atoms with E-state index in [2.05, 4.69) is 11.9 Å². The Bertz CT molecular complexity index is 498. The minimum atomic E-state index is -1.11. The van der Waals surface area contributed by atoms with Crippen molar-refractivity contribution >= 4 is 29.1 Å². The van der Waals surface area contributed by atoms with Gasteiger partial charge in [0.2, 0.25) is 5.91 Å². The first-order valence-electron chi connectivity index (χ1n) is 5.91. The van der Waals surface area contributed by atoms with Crippen LogP contribution >= 0.6 is 11.3 Å². The third kappa shape index (κ3) is 4.51. The van der Waals surface area contributed by atoms with Crippen LogP contribution in [0, 0.1) is 0 Å². The second-order valence-corrected chi connectivity index (χ2v) is 5.02. The van der Waals surface area contributed by atoms with E-state index in [0.29, 0.717) is 4.88 Å². The molecule has 0 aromatic carbocycles. The van der Waals surface area contributed by atoms with Crippen molar-refractivity contribution in [3.8, 4) is 0 Å². The van der Waals surface area contributed by atoms with Gasteiger partial charge in [0.15, 0.2) is 0 Å². The molecule has 0 fully saturated rings. The maximum Gasteiger partial charge on any atom is 0.323 e. The molecule has 0 aliphatic rings. The lowest BCUT2D eigenvalue weighted by atomic mass is 10.2. The Kier molecular flexibility index (Phi) is 5.92. The summed E-state index contributed by atoms with van der Waals surface area (Å²) in [6.45, 7) is 4.69. The molecule has 6 nitrogen and oxygen atoms in total. The molecule has 0 aliphatic carbocycles. The molecule has 1 heterocycles. The number of carbonyl (C=O) groups excluding carboxylic acids is 2. The highest BCUT2D eigenvalue weighted by molar-refractivity contribution is 7.12. The molecule has 20 heavy (non-hydrogen) atoms. The number of carboxylic acid groups (broad SMARTS) is 1. The van der Waals surface area contributed by atoms with Crippen LogP contribution in [0.5, 0.6) is 0 Å². The number of nitrogens with one attached hydrogen (secondary N) is 1. The molecule has 1 unspecified atom stereocenters. The lowest BCUT2D eigenvalue weighted by Crippen LogP contribution is -2.48. The Labute approximate surface area is 120 Å². The molecule has 0 radical (unpaired) electrons. The fourth-order valence-corrected chi connectivity index (χ4v) is 2.19. The molecule has 1 atom stereocenters. The number of hydrogen-bond acceptors (Lipinski definition) is 4. The van der Waals surface area contributed by atoms with Crippen LogP contribution in [0.2, 0.25) is 0 Å². The van der Waals surface area contributed by atoms with Crippen molar-refractivity contribution in [3.05, 3.63) is 35.0 Å². The average molecular weight is 296 g/mol. The molecule has 1 rings (SSSR count). The van der Waals surface area contributed by atoms with Gasteiger partial charge in [-0.05, 0) is 18.4 Å². The molecular weight excluding hydrogens is 280 g/mol. The highest BCUT2D eigenvalue weighted by Crippen LogP contribution is 2.08. The van der Waals surface area contributed by atoms with Crippen molar-refractivity contribution in [1.29, 1.82) is 0 Å². The number of carboxylic acids is 1. The Hall–Kier alpha value is -2.15. The van der Waals surface area contributed by atoms with Crippen molar-refractivity contribution in [1.82, 2.24) is 10.2 Å². The molecule has 1 aromatic heterocycles. The van der Waals surface area contributed by atoms with Gasteiger partial charge in [0.25, 0.3) is 5.91 Å². The number of thiophene rings is 1. The number of amides is 2. The van der Waals surface area contributed by atoms with Gasteiger partial charge in [-0.3, -0.25) is 14.4 Å². The SMILES string of the molecule is C=CCN(CC(=O)O)C(=O)C(C)NC(=O)c1cccs1. The van der Waals surface area contributed by atoms with Crippen LogP contribution in [-0.4, -0.2) is 46.9 Å². The second kappa shape index (κ2) is 7.44. The summed E-state index contributed by atoms with van der Waals surface area (Å²) in [7, 11) is 0.